The van der Waals surface area contributed by atoms with Gasteiger partial charge in [-0.15, -0.1) is 0 Å². The van der Waals surface area contributed by atoms with Crippen LogP contribution in [0.2, 0.25) is 0 Å². The molecule has 1 N–H and O–H groups in total. The maximum absolute atomic E-state index is 12.8. The van der Waals surface area contributed by atoms with Gasteiger partial charge in [-0.3, -0.25) is 4.79 Å². The fourth-order valence-corrected chi connectivity index (χ4v) is 3.35. The van der Waals surface area contributed by atoms with Crippen LogP contribution in [0.25, 0.3) is 0 Å². The Hall–Kier alpha value is -1.15. The molecule has 1 saturated heterocycles. The van der Waals surface area contributed by atoms with Crippen LogP contribution in [0.1, 0.15) is 41.6 Å². The first-order valence-electron chi connectivity index (χ1n) is 6.65. The van der Waals surface area contributed by atoms with E-state index in [4.69, 9.17) is 0 Å². The number of carbonyl (C=O) groups is 1. The summed E-state index contributed by atoms with van der Waals surface area (Å²) in [6.07, 6.45) is 5.45. The molecular weight excluding hydrogens is 210 g/mol. The molecule has 0 bridgehead atoms. The number of benzene rings is 1. The number of hydrogen-bond acceptors (Lipinski definition) is 2. The predicted molar refractivity (Wildman–Crippen MR) is 68.2 cm³/mol. The molecule has 0 amide bonds. The smallest absolute Gasteiger partial charge is 0.170 e. The summed E-state index contributed by atoms with van der Waals surface area (Å²) in [5.41, 5.74) is 2.12. The van der Waals surface area contributed by atoms with Gasteiger partial charge >= 0.3 is 0 Å². The van der Waals surface area contributed by atoms with Gasteiger partial charge in [-0.05, 0) is 44.2 Å². The van der Waals surface area contributed by atoms with Gasteiger partial charge in [-0.2, -0.15) is 0 Å². The highest BCUT2D eigenvalue weighted by Gasteiger charge is 2.41. The number of piperidine rings is 1. The molecule has 2 heteroatoms. The first-order chi connectivity index (χ1) is 8.32. The molecule has 90 valence electrons. The summed E-state index contributed by atoms with van der Waals surface area (Å²) in [6.45, 7) is 1.94. The standard InChI is InChI=1S/C15H19NO/c17-14-13-7-2-1-5-12(13)6-3-8-15(14)9-4-10-16-11-15/h1-2,5,7,16H,3-4,6,8-11H2/t15-/m1/s1. The van der Waals surface area contributed by atoms with Crippen molar-refractivity contribution in [3.63, 3.8) is 0 Å². The Morgan fingerprint density at radius 2 is 1.94 bits per heavy atom. The predicted octanol–water partition coefficient (Wildman–Crippen LogP) is 2.58. The van der Waals surface area contributed by atoms with E-state index in [2.05, 4.69) is 11.4 Å². The summed E-state index contributed by atoms with van der Waals surface area (Å²) < 4.78 is 0. The molecule has 0 radical (unpaired) electrons. The van der Waals surface area contributed by atoms with Crippen molar-refractivity contribution in [1.29, 1.82) is 0 Å². The summed E-state index contributed by atoms with van der Waals surface area (Å²) >= 11 is 0. The molecule has 1 fully saturated rings. The quantitative estimate of drug-likeness (QED) is 0.741. The van der Waals surface area contributed by atoms with E-state index in [9.17, 15) is 4.79 Å². The van der Waals surface area contributed by atoms with Crippen molar-refractivity contribution < 1.29 is 4.79 Å². The monoisotopic (exact) mass is 229 g/mol. The highest BCUT2D eigenvalue weighted by molar-refractivity contribution is 6.02. The summed E-state index contributed by atoms with van der Waals surface area (Å²) in [5, 5.41) is 3.41. The van der Waals surface area contributed by atoms with Crippen molar-refractivity contribution in [2.24, 2.45) is 5.41 Å². The minimum absolute atomic E-state index is 0.106. The second-order valence-corrected chi connectivity index (χ2v) is 5.40. The van der Waals surface area contributed by atoms with Gasteiger partial charge in [0.2, 0.25) is 0 Å². The van der Waals surface area contributed by atoms with E-state index in [1.54, 1.807) is 0 Å². The second-order valence-electron chi connectivity index (χ2n) is 5.40. The molecule has 17 heavy (non-hydrogen) atoms. The molecule has 0 saturated carbocycles. The van der Waals surface area contributed by atoms with E-state index in [0.29, 0.717) is 5.78 Å². The highest BCUT2D eigenvalue weighted by atomic mass is 16.1. The summed E-state index contributed by atoms with van der Waals surface area (Å²) in [7, 11) is 0. The zero-order chi connectivity index (χ0) is 11.7. The Kier molecular flexibility index (Phi) is 2.75. The third-order valence-electron chi connectivity index (χ3n) is 4.32. The normalized spacial score (nSPS) is 28.8. The molecule has 1 aromatic carbocycles. The fraction of sp³-hybridized carbons (Fsp3) is 0.533. The minimum Gasteiger partial charge on any atom is -0.316 e. The van der Waals surface area contributed by atoms with E-state index in [1.165, 1.54) is 5.56 Å². The van der Waals surface area contributed by atoms with E-state index < -0.39 is 0 Å². The van der Waals surface area contributed by atoms with E-state index in [1.807, 2.05) is 18.2 Å². The van der Waals surface area contributed by atoms with Crippen LogP contribution in [0.5, 0.6) is 0 Å². The van der Waals surface area contributed by atoms with E-state index >= 15 is 0 Å². The van der Waals surface area contributed by atoms with Crippen LogP contribution in [0.3, 0.4) is 0 Å². The Labute approximate surface area is 102 Å². The largest absolute Gasteiger partial charge is 0.316 e. The van der Waals surface area contributed by atoms with Crippen molar-refractivity contribution in [2.75, 3.05) is 13.1 Å². The molecule has 3 rings (SSSR count). The maximum Gasteiger partial charge on any atom is 0.170 e. The molecule has 1 aromatic rings. The lowest BCUT2D eigenvalue weighted by molar-refractivity contribution is 0.0724. The Morgan fingerprint density at radius 1 is 1.12 bits per heavy atom. The first kappa shape index (κ1) is 11.0. The van der Waals surface area contributed by atoms with Gasteiger partial charge in [0.1, 0.15) is 0 Å². The van der Waals surface area contributed by atoms with Gasteiger partial charge < -0.3 is 5.32 Å². The molecule has 1 aliphatic carbocycles. The second kappa shape index (κ2) is 4.26. The van der Waals surface area contributed by atoms with Crippen molar-refractivity contribution in [3.8, 4) is 0 Å². The number of nitrogens with one attached hydrogen (secondary N) is 1. The average Bonchev–Trinajstić information content (AvgIpc) is 2.51. The van der Waals surface area contributed by atoms with Crippen LogP contribution in [-0.4, -0.2) is 18.9 Å². The van der Waals surface area contributed by atoms with Crippen molar-refractivity contribution in [2.45, 2.75) is 32.1 Å². The lowest BCUT2D eigenvalue weighted by Gasteiger charge is -2.35. The number of fused-ring (bicyclic) bond motifs is 1. The van der Waals surface area contributed by atoms with Gasteiger partial charge in [-0.1, -0.05) is 24.3 Å². The third kappa shape index (κ3) is 1.81. The third-order valence-corrected chi connectivity index (χ3v) is 4.32. The van der Waals surface area contributed by atoms with Gasteiger partial charge in [-0.25, -0.2) is 0 Å². The summed E-state index contributed by atoms with van der Waals surface area (Å²) in [6, 6.07) is 8.16. The van der Waals surface area contributed by atoms with Gasteiger partial charge in [0, 0.05) is 17.5 Å². The number of aryl methyl sites for hydroxylation is 1. The number of carbonyl (C=O) groups excluding carboxylic acids is 1. The van der Waals surface area contributed by atoms with Crippen molar-refractivity contribution >= 4 is 5.78 Å². The molecule has 0 aromatic heterocycles. The topological polar surface area (TPSA) is 29.1 Å². The van der Waals surface area contributed by atoms with Crippen LogP contribution in [0.15, 0.2) is 24.3 Å². The van der Waals surface area contributed by atoms with E-state index in [-0.39, 0.29) is 5.41 Å². The number of Topliss-reactive ketones (excluding diaryl/α,β-unsaturated/α-hetero) is 1. The molecule has 1 spiro atoms. The molecule has 2 aliphatic rings. The van der Waals surface area contributed by atoms with Gasteiger partial charge in [0.05, 0.1) is 0 Å². The zero-order valence-corrected chi connectivity index (χ0v) is 10.2. The zero-order valence-electron chi connectivity index (χ0n) is 10.2. The molecule has 1 heterocycles. The van der Waals surface area contributed by atoms with Crippen molar-refractivity contribution in [3.05, 3.63) is 35.4 Å². The lowest BCUT2D eigenvalue weighted by atomic mass is 9.72. The first-order valence-corrected chi connectivity index (χ1v) is 6.65. The minimum atomic E-state index is -0.106. The molecular formula is C15H19NO. The highest BCUT2D eigenvalue weighted by Crippen LogP contribution is 2.39. The number of hydrogen-bond donors (Lipinski definition) is 1. The van der Waals surface area contributed by atoms with Gasteiger partial charge in [0.15, 0.2) is 5.78 Å². The van der Waals surface area contributed by atoms with E-state index in [0.717, 1.165) is 50.8 Å². The lowest BCUT2D eigenvalue weighted by Crippen LogP contribution is -2.45. The molecule has 2 nitrogen and oxygen atoms in total. The SMILES string of the molecule is O=C1c2ccccc2CCC[C@]12CCCNC2. The van der Waals surface area contributed by atoms with Gasteiger partial charge in [0.25, 0.3) is 0 Å². The Morgan fingerprint density at radius 3 is 2.76 bits per heavy atom. The van der Waals surface area contributed by atoms with Crippen LogP contribution in [0, 0.1) is 5.41 Å². The molecule has 1 atom stereocenters. The van der Waals surface area contributed by atoms with Crippen LogP contribution < -0.4 is 5.32 Å². The Balaban J connectivity index is 2.02. The van der Waals surface area contributed by atoms with Crippen LogP contribution in [-0.2, 0) is 6.42 Å². The molecule has 1 aliphatic heterocycles. The maximum atomic E-state index is 12.8. The number of ketones is 1. The average molecular weight is 229 g/mol. The fourth-order valence-electron chi connectivity index (χ4n) is 3.35. The van der Waals surface area contributed by atoms with Crippen molar-refractivity contribution in [1.82, 2.24) is 5.32 Å². The molecule has 0 unspecified atom stereocenters. The summed E-state index contributed by atoms with van der Waals surface area (Å²) in [4.78, 5) is 12.8. The van der Waals surface area contributed by atoms with Crippen LogP contribution in [0.4, 0.5) is 0 Å². The Bertz CT molecular complexity index is 432. The van der Waals surface area contributed by atoms with Crippen LogP contribution >= 0.6 is 0 Å². The summed E-state index contributed by atoms with van der Waals surface area (Å²) in [5.74, 6) is 0.387. The number of rotatable bonds is 0.